The molecular formula is C8H13F2N3O2. The van der Waals surface area contributed by atoms with Gasteiger partial charge in [-0.25, -0.2) is 4.98 Å². The molecule has 0 saturated carbocycles. The number of alkyl halides is 2. The molecule has 5 nitrogen and oxygen atoms in total. The second-order valence-corrected chi connectivity index (χ2v) is 2.97. The second kappa shape index (κ2) is 5.74. The number of imidazole rings is 1. The van der Waals surface area contributed by atoms with Crippen LogP contribution in [-0.4, -0.2) is 39.0 Å². The lowest BCUT2D eigenvalue weighted by molar-refractivity contribution is 0.0660. The van der Waals surface area contributed by atoms with Crippen molar-refractivity contribution in [2.24, 2.45) is 0 Å². The van der Waals surface area contributed by atoms with Gasteiger partial charge in [0.25, 0.3) is 0 Å². The molecule has 0 saturated heterocycles. The van der Waals surface area contributed by atoms with Gasteiger partial charge in [0.2, 0.25) is 0 Å². The van der Waals surface area contributed by atoms with E-state index in [1.165, 1.54) is 12.4 Å². The number of rotatable bonds is 6. The van der Waals surface area contributed by atoms with Gasteiger partial charge in [-0.3, -0.25) is 4.57 Å². The summed E-state index contributed by atoms with van der Waals surface area (Å²) in [5.41, 5.74) is 0. The number of hydrogen-bond donors (Lipinski definition) is 3. The van der Waals surface area contributed by atoms with Crippen molar-refractivity contribution in [3.63, 3.8) is 0 Å². The predicted molar refractivity (Wildman–Crippen MR) is 48.3 cm³/mol. The van der Waals surface area contributed by atoms with Crippen molar-refractivity contribution in [1.82, 2.24) is 14.9 Å². The van der Waals surface area contributed by atoms with Crippen molar-refractivity contribution in [3.8, 4) is 0 Å². The Hall–Kier alpha value is -1.05. The molecule has 0 unspecified atom stereocenters. The molecule has 0 bridgehead atoms. The summed E-state index contributed by atoms with van der Waals surface area (Å²) in [6.07, 6.45) is 2.45. The van der Waals surface area contributed by atoms with Crippen molar-refractivity contribution < 1.29 is 19.0 Å². The largest absolute Gasteiger partial charge is 0.395 e. The Morgan fingerprint density at radius 1 is 1.40 bits per heavy atom. The minimum atomic E-state index is -2.63. The Kier molecular flexibility index (Phi) is 4.60. The lowest BCUT2D eigenvalue weighted by atomic mass is 10.3. The van der Waals surface area contributed by atoms with E-state index in [2.05, 4.69) is 10.3 Å². The van der Waals surface area contributed by atoms with Gasteiger partial charge in [-0.15, -0.1) is 0 Å². The number of aliphatic hydroxyl groups is 2. The van der Waals surface area contributed by atoms with Gasteiger partial charge in [0.05, 0.1) is 25.8 Å². The molecule has 0 aliphatic carbocycles. The van der Waals surface area contributed by atoms with Gasteiger partial charge in [-0.1, -0.05) is 0 Å². The normalized spacial score (nSPS) is 11.6. The van der Waals surface area contributed by atoms with Crippen LogP contribution in [0, 0.1) is 0 Å². The van der Waals surface area contributed by atoms with Gasteiger partial charge in [0.1, 0.15) is 5.82 Å². The lowest BCUT2D eigenvalue weighted by Crippen LogP contribution is -2.35. The first-order valence-electron chi connectivity index (χ1n) is 4.44. The molecule has 7 heteroatoms. The highest BCUT2D eigenvalue weighted by atomic mass is 19.3. The van der Waals surface area contributed by atoms with Crippen LogP contribution in [0.15, 0.2) is 12.4 Å². The number of hydrogen-bond acceptors (Lipinski definition) is 4. The van der Waals surface area contributed by atoms with E-state index in [4.69, 9.17) is 10.2 Å². The average Bonchev–Trinajstić information content (AvgIpc) is 2.67. The van der Waals surface area contributed by atoms with Gasteiger partial charge in [0.15, 0.2) is 0 Å². The van der Waals surface area contributed by atoms with Crippen LogP contribution in [-0.2, 0) is 6.54 Å². The summed E-state index contributed by atoms with van der Waals surface area (Å²) in [6, 6.07) is -0.521. The first kappa shape index (κ1) is 12.0. The number of aliphatic hydroxyl groups excluding tert-OH is 2. The predicted octanol–water partition coefficient (Wildman–Crippen LogP) is -0.279. The molecule has 3 N–H and O–H groups in total. The maximum atomic E-state index is 12.3. The molecule has 0 fully saturated rings. The monoisotopic (exact) mass is 221 g/mol. The summed E-state index contributed by atoms with van der Waals surface area (Å²) in [7, 11) is 0. The van der Waals surface area contributed by atoms with Crippen LogP contribution in [0.4, 0.5) is 8.78 Å². The Morgan fingerprint density at radius 3 is 2.60 bits per heavy atom. The summed E-state index contributed by atoms with van der Waals surface area (Å²) < 4.78 is 25.4. The standard InChI is InChI=1S/C8H13F2N3O2/c9-8(10)13-2-1-11-7(13)3-12-6(4-14)5-15/h1-2,6,8,12,14-15H,3-5H2. The molecule has 0 atom stereocenters. The van der Waals surface area contributed by atoms with E-state index in [9.17, 15) is 8.78 Å². The quantitative estimate of drug-likeness (QED) is 0.618. The maximum Gasteiger partial charge on any atom is 0.319 e. The van der Waals surface area contributed by atoms with Crippen LogP contribution in [0.25, 0.3) is 0 Å². The third-order valence-corrected chi connectivity index (χ3v) is 1.95. The van der Waals surface area contributed by atoms with E-state index in [-0.39, 0.29) is 25.6 Å². The van der Waals surface area contributed by atoms with Gasteiger partial charge in [-0.05, 0) is 0 Å². The van der Waals surface area contributed by atoms with Crippen LogP contribution in [0.1, 0.15) is 12.4 Å². The highest BCUT2D eigenvalue weighted by Gasteiger charge is 2.12. The van der Waals surface area contributed by atoms with Gasteiger partial charge in [0, 0.05) is 12.4 Å². The molecule has 1 aromatic heterocycles. The van der Waals surface area contributed by atoms with Crippen molar-refractivity contribution >= 4 is 0 Å². The molecule has 0 aromatic carbocycles. The van der Waals surface area contributed by atoms with Crippen molar-refractivity contribution in [2.45, 2.75) is 19.1 Å². The molecule has 1 aromatic rings. The van der Waals surface area contributed by atoms with Crippen molar-refractivity contribution in [3.05, 3.63) is 18.2 Å². The topological polar surface area (TPSA) is 70.3 Å². The van der Waals surface area contributed by atoms with Crippen LogP contribution < -0.4 is 5.32 Å². The smallest absolute Gasteiger partial charge is 0.319 e. The maximum absolute atomic E-state index is 12.3. The molecule has 86 valence electrons. The van der Waals surface area contributed by atoms with Crippen molar-refractivity contribution in [2.75, 3.05) is 13.2 Å². The molecule has 1 heterocycles. The number of halogens is 2. The van der Waals surface area contributed by atoms with E-state index in [1.807, 2.05) is 0 Å². The summed E-state index contributed by atoms with van der Waals surface area (Å²) in [5.74, 6) is 0.164. The second-order valence-electron chi connectivity index (χ2n) is 2.97. The minimum absolute atomic E-state index is 0.0725. The van der Waals surface area contributed by atoms with Crippen LogP contribution >= 0.6 is 0 Å². The van der Waals surface area contributed by atoms with Gasteiger partial charge in [-0.2, -0.15) is 8.78 Å². The van der Waals surface area contributed by atoms with Gasteiger partial charge < -0.3 is 15.5 Å². The fourth-order valence-corrected chi connectivity index (χ4v) is 1.08. The highest BCUT2D eigenvalue weighted by molar-refractivity contribution is 4.92. The Labute approximate surface area is 85.4 Å². The third kappa shape index (κ3) is 3.22. The third-order valence-electron chi connectivity index (χ3n) is 1.95. The van der Waals surface area contributed by atoms with Crippen LogP contribution in [0.5, 0.6) is 0 Å². The van der Waals surface area contributed by atoms with Crippen LogP contribution in [0.2, 0.25) is 0 Å². The first-order valence-corrected chi connectivity index (χ1v) is 4.44. The molecular weight excluding hydrogens is 208 g/mol. The Bertz CT molecular complexity index is 289. The number of nitrogens with zero attached hydrogens (tertiary/aromatic N) is 2. The van der Waals surface area contributed by atoms with Gasteiger partial charge >= 0.3 is 6.55 Å². The molecule has 0 aliphatic rings. The SMILES string of the molecule is OCC(CO)NCc1nccn1C(F)F. The van der Waals surface area contributed by atoms with Crippen LogP contribution in [0.3, 0.4) is 0 Å². The molecule has 0 radical (unpaired) electrons. The minimum Gasteiger partial charge on any atom is -0.395 e. The fourth-order valence-electron chi connectivity index (χ4n) is 1.08. The number of aromatic nitrogens is 2. The summed E-state index contributed by atoms with van der Waals surface area (Å²) in [5, 5.41) is 20.2. The lowest BCUT2D eigenvalue weighted by Gasteiger charge is -2.13. The molecule has 15 heavy (non-hydrogen) atoms. The zero-order valence-corrected chi connectivity index (χ0v) is 7.98. The Morgan fingerprint density at radius 2 is 2.07 bits per heavy atom. The zero-order valence-electron chi connectivity index (χ0n) is 7.98. The van der Waals surface area contributed by atoms with Crippen molar-refractivity contribution in [1.29, 1.82) is 0 Å². The average molecular weight is 221 g/mol. The van der Waals surface area contributed by atoms with E-state index in [1.54, 1.807) is 0 Å². The Balaban J connectivity index is 2.53. The van der Waals surface area contributed by atoms with E-state index < -0.39 is 12.6 Å². The van der Waals surface area contributed by atoms with E-state index >= 15 is 0 Å². The molecule has 1 rings (SSSR count). The first-order chi connectivity index (χ1) is 7.19. The summed E-state index contributed by atoms with van der Waals surface area (Å²) in [6.45, 7) is -3.08. The zero-order chi connectivity index (χ0) is 11.3. The molecule has 0 spiro atoms. The molecule has 0 amide bonds. The highest BCUT2D eigenvalue weighted by Crippen LogP contribution is 2.11. The van der Waals surface area contributed by atoms with E-state index in [0.717, 1.165) is 4.57 Å². The summed E-state index contributed by atoms with van der Waals surface area (Å²) >= 11 is 0. The molecule has 0 aliphatic heterocycles. The van der Waals surface area contributed by atoms with E-state index in [0.29, 0.717) is 0 Å². The fraction of sp³-hybridized carbons (Fsp3) is 0.625. The number of nitrogens with one attached hydrogen (secondary N) is 1. The summed E-state index contributed by atoms with van der Waals surface area (Å²) in [4.78, 5) is 3.74.